The summed E-state index contributed by atoms with van der Waals surface area (Å²) in [5.41, 5.74) is 6.89. The van der Waals surface area contributed by atoms with Crippen LogP contribution in [0.4, 0.5) is 10.5 Å². The second kappa shape index (κ2) is 4.79. The number of carbonyl (C=O) groups is 1. The van der Waals surface area contributed by atoms with Crippen molar-refractivity contribution in [3.63, 3.8) is 0 Å². The van der Waals surface area contributed by atoms with Gasteiger partial charge < -0.3 is 10.8 Å². The van der Waals surface area contributed by atoms with Crippen LogP contribution in [-0.2, 0) is 0 Å². The number of urea groups is 1. The van der Waals surface area contributed by atoms with E-state index in [4.69, 9.17) is 10.8 Å². The fourth-order valence-electron chi connectivity index (χ4n) is 1.27. The molecular formula is C11H16N2O2. The van der Waals surface area contributed by atoms with E-state index in [0.717, 1.165) is 11.3 Å². The molecule has 0 aliphatic heterocycles. The van der Waals surface area contributed by atoms with E-state index >= 15 is 0 Å². The number of amides is 2. The third-order valence-corrected chi connectivity index (χ3v) is 2.43. The minimum absolute atomic E-state index is 0.0613. The average molecular weight is 208 g/mol. The summed E-state index contributed by atoms with van der Waals surface area (Å²) >= 11 is 0. The molecule has 0 spiro atoms. The summed E-state index contributed by atoms with van der Waals surface area (Å²) in [5.74, 6) is 0.0613. The maximum atomic E-state index is 10.9. The van der Waals surface area contributed by atoms with E-state index in [2.05, 4.69) is 0 Å². The number of nitrogens with zero attached hydrogens (tertiary/aromatic N) is 1. The quantitative estimate of drug-likeness (QED) is 0.786. The highest BCUT2D eigenvalue weighted by Crippen LogP contribution is 2.20. The lowest BCUT2D eigenvalue weighted by Crippen LogP contribution is -2.31. The topological polar surface area (TPSA) is 66.6 Å². The first-order chi connectivity index (χ1) is 7.06. The van der Waals surface area contributed by atoms with Crippen LogP contribution in [0.1, 0.15) is 18.4 Å². The Bertz CT molecular complexity index is 352. The molecule has 0 saturated heterocycles. The van der Waals surface area contributed by atoms with Crippen LogP contribution in [0.5, 0.6) is 0 Å². The first-order valence-electron chi connectivity index (χ1n) is 4.80. The summed E-state index contributed by atoms with van der Waals surface area (Å²) in [4.78, 5) is 12.3. The minimum Gasteiger partial charge on any atom is -0.396 e. The number of carbonyl (C=O) groups excluding carboxylic acids is 1. The number of aliphatic hydroxyl groups is 1. The van der Waals surface area contributed by atoms with E-state index in [1.807, 2.05) is 25.1 Å². The Kier molecular flexibility index (Phi) is 3.68. The summed E-state index contributed by atoms with van der Waals surface area (Å²) < 4.78 is 0. The van der Waals surface area contributed by atoms with Crippen LogP contribution in [0, 0.1) is 0 Å². The molecule has 0 heterocycles. The van der Waals surface area contributed by atoms with Gasteiger partial charge in [0.25, 0.3) is 0 Å². The molecule has 1 aromatic carbocycles. The molecule has 2 amide bonds. The van der Waals surface area contributed by atoms with Gasteiger partial charge in [-0.3, -0.25) is 4.90 Å². The van der Waals surface area contributed by atoms with Crippen molar-refractivity contribution in [3.8, 4) is 0 Å². The Morgan fingerprint density at radius 1 is 1.60 bits per heavy atom. The van der Waals surface area contributed by atoms with E-state index in [1.54, 1.807) is 13.1 Å². The summed E-state index contributed by atoms with van der Waals surface area (Å²) in [7, 11) is 1.62. The molecular weight excluding hydrogens is 192 g/mol. The summed E-state index contributed by atoms with van der Waals surface area (Å²) in [6.45, 7) is 2.01. The summed E-state index contributed by atoms with van der Waals surface area (Å²) in [6.07, 6.45) is 0. The highest BCUT2D eigenvalue weighted by atomic mass is 16.3. The Balaban J connectivity index is 2.97. The summed E-state index contributed by atoms with van der Waals surface area (Å²) in [5, 5.41) is 9.02. The molecule has 1 aromatic rings. The van der Waals surface area contributed by atoms with Crippen molar-refractivity contribution in [2.45, 2.75) is 12.8 Å². The number of anilines is 1. The molecule has 3 N–H and O–H groups in total. The minimum atomic E-state index is -0.496. The smallest absolute Gasteiger partial charge is 0.318 e. The molecule has 0 aromatic heterocycles. The number of rotatable bonds is 3. The van der Waals surface area contributed by atoms with Gasteiger partial charge in [0.2, 0.25) is 0 Å². The SMILES string of the molecule is CC(CO)c1cccc(N(C)C(N)=O)c1. The Labute approximate surface area is 89.3 Å². The largest absolute Gasteiger partial charge is 0.396 e. The Morgan fingerprint density at radius 2 is 2.27 bits per heavy atom. The number of benzene rings is 1. The molecule has 1 unspecified atom stereocenters. The number of hydrogen-bond donors (Lipinski definition) is 2. The zero-order chi connectivity index (χ0) is 11.4. The van der Waals surface area contributed by atoms with Crippen LogP contribution in [-0.4, -0.2) is 24.8 Å². The van der Waals surface area contributed by atoms with E-state index in [1.165, 1.54) is 4.90 Å². The number of nitrogens with two attached hydrogens (primary N) is 1. The van der Waals surface area contributed by atoms with Gasteiger partial charge in [-0.15, -0.1) is 0 Å². The first kappa shape index (κ1) is 11.5. The van der Waals surface area contributed by atoms with Crippen LogP contribution in [0.15, 0.2) is 24.3 Å². The van der Waals surface area contributed by atoms with Crippen LogP contribution < -0.4 is 10.6 Å². The van der Waals surface area contributed by atoms with Crippen molar-refractivity contribution >= 4 is 11.7 Å². The average Bonchev–Trinajstić information content (AvgIpc) is 2.27. The molecule has 4 nitrogen and oxygen atoms in total. The molecule has 0 aliphatic rings. The zero-order valence-electron chi connectivity index (χ0n) is 8.97. The Hall–Kier alpha value is -1.55. The van der Waals surface area contributed by atoms with Crippen molar-refractivity contribution in [1.82, 2.24) is 0 Å². The highest BCUT2D eigenvalue weighted by molar-refractivity contribution is 5.90. The van der Waals surface area contributed by atoms with Crippen LogP contribution in [0.3, 0.4) is 0 Å². The van der Waals surface area contributed by atoms with E-state index in [0.29, 0.717) is 0 Å². The number of hydrogen-bond acceptors (Lipinski definition) is 2. The predicted molar refractivity (Wildman–Crippen MR) is 59.9 cm³/mol. The maximum Gasteiger partial charge on any atom is 0.318 e. The van der Waals surface area contributed by atoms with Crippen molar-refractivity contribution in [3.05, 3.63) is 29.8 Å². The van der Waals surface area contributed by atoms with Crippen molar-refractivity contribution in [1.29, 1.82) is 0 Å². The number of primary amides is 1. The molecule has 0 fully saturated rings. The van der Waals surface area contributed by atoms with Gasteiger partial charge in [-0.25, -0.2) is 4.79 Å². The van der Waals surface area contributed by atoms with Crippen LogP contribution >= 0.6 is 0 Å². The maximum absolute atomic E-state index is 10.9. The van der Waals surface area contributed by atoms with Crippen molar-refractivity contribution in [2.75, 3.05) is 18.6 Å². The molecule has 0 saturated carbocycles. The first-order valence-corrected chi connectivity index (χ1v) is 4.80. The third-order valence-electron chi connectivity index (χ3n) is 2.43. The second-order valence-electron chi connectivity index (χ2n) is 3.58. The highest BCUT2D eigenvalue weighted by Gasteiger charge is 2.09. The van der Waals surface area contributed by atoms with Gasteiger partial charge in [0.1, 0.15) is 0 Å². The molecule has 1 atom stereocenters. The molecule has 1 rings (SSSR count). The molecule has 4 heteroatoms. The standard InChI is InChI=1S/C11H16N2O2/c1-8(7-14)9-4-3-5-10(6-9)13(2)11(12)15/h3-6,8,14H,7H2,1-2H3,(H2,12,15). The lowest BCUT2D eigenvalue weighted by molar-refractivity contribution is 0.255. The zero-order valence-corrected chi connectivity index (χ0v) is 8.97. The van der Waals surface area contributed by atoms with E-state index in [9.17, 15) is 4.79 Å². The Morgan fingerprint density at radius 3 is 2.80 bits per heavy atom. The van der Waals surface area contributed by atoms with Crippen molar-refractivity contribution in [2.24, 2.45) is 5.73 Å². The van der Waals surface area contributed by atoms with Gasteiger partial charge in [-0.2, -0.15) is 0 Å². The molecule has 15 heavy (non-hydrogen) atoms. The summed E-state index contributed by atoms with van der Waals surface area (Å²) in [6, 6.07) is 6.92. The van der Waals surface area contributed by atoms with E-state index < -0.39 is 6.03 Å². The van der Waals surface area contributed by atoms with Crippen LogP contribution in [0.2, 0.25) is 0 Å². The predicted octanol–water partition coefficient (Wildman–Crippen LogP) is 1.30. The van der Waals surface area contributed by atoms with E-state index in [-0.39, 0.29) is 12.5 Å². The van der Waals surface area contributed by atoms with Gasteiger partial charge in [0.15, 0.2) is 0 Å². The second-order valence-corrected chi connectivity index (χ2v) is 3.58. The van der Waals surface area contributed by atoms with Gasteiger partial charge in [-0.1, -0.05) is 19.1 Å². The van der Waals surface area contributed by atoms with Crippen molar-refractivity contribution < 1.29 is 9.90 Å². The van der Waals surface area contributed by atoms with Gasteiger partial charge in [0, 0.05) is 25.3 Å². The fourth-order valence-corrected chi connectivity index (χ4v) is 1.27. The lowest BCUT2D eigenvalue weighted by Gasteiger charge is -2.16. The lowest BCUT2D eigenvalue weighted by atomic mass is 10.0. The van der Waals surface area contributed by atoms with Gasteiger partial charge in [-0.05, 0) is 17.7 Å². The molecule has 0 aliphatic carbocycles. The van der Waals surface area contributed by atoms with Crippen LogP contribution in [0.25, 0.3) is 0 Å². The van der Waals surface area contributed by atoms with Gasteiger partial charge in [0.05, 0.1) is 0 Å². The molecule has 0 radical (unpaired) electrons. The third kappa shape index (κ3) is 2.70. The number of aliphatic hydroxyl groups excluding tert-OH is 1. The normalized spacial score (nSPS) is 12.2. The van der Waals surface area contributed by atoms with Gasteiger partial charge >= 0.3 is 6.03 Å². The fraction of sp³-hybridized carbons (Fsp3) is 0.364. The molecule has 82 valence electrons. The molecule has 0 bridgehead atoms. The monoisotopic (exact) mass is 208 g/mol.